The van der Waals surface area contributed by atoms with Gasteiger partial charge in [0.25, 0.3) is 10.1 Å². The van der Waals surface area contributed by atoms with Crippen molar-refractivity contribution in [3.05, 3.63) is 187 Å². The molecule has 0 radical (unpaired) electrons. The molecule has 2 aliphatic rings. The van der Waals surface area contributed by atoms with Gasteiger partial charge in [0, 0.05) is 87.0 Å². The first-order valence-electron chi connectivity index (χ1n) is 22.8. The van der Waals surface area contributed by atoms with Crippen LogP contribution in [0.25, 0.3) is 33.4 Å². The second kappa shape index (κ2) is 23.7. The first-order chi connectivity index (χ1) is 32.4. The third-order valence-electron chi connectivity index (χ3n) is 11.4. The van der Waals surface area contributed by atoms with Crippen LogP contribution in [-0.4, -0.2) is 63.7 Å². The molecular formula is C55H57N4O4S3+. The van der Waals surface area contributed by atoms with Crippen molar-refractivity contribution in [2.24, 2.45) is 0 Å². The van der Waals surface area contributed by atoms with Crippen molar-refractivity contribution in [2.45, 2.75) is 40.4 Å². The molecule has 8 rings (SSSR count). The third kappa shape index (κ3) is 12.6. The van der Waals surface area contributed by atoms with E-state index in [9.17, 15) is 13.0 Å². The van der Waals surface area contributed by atoms with Crippen LogP contribution >= 0.6 is 23.5 Å². The number of nitrogens with zero attached hydrogens (tertiary/aromatic N) is 2. The minimum atomic E-state index is -4.56. The highest BCUT2D eigenvalue weighted by Crippen LogP contribution is 2.43. The monoisotopic (exact) mass is 933 g/mol. The molecule has 6 aromatic rings. The number of rotatable bonds is 23. The molecule has 0 fully saturated rings. The van der Waals surface area contributed by atoms with Crippen LogP contribution in [-0.2, 0) is 10.1 Å². The molecule has 0 bridgehead atoms. The number of thioether (sulfide) groups is 2. The minimum absolute atomic E-state index is 0.152. The van der Waals surface area contributed by atoms with Crippen molar-refractivity contribution in [1.82, 2.24) is 15.2 Å². The molecular weight excluding hydrogens is 877 g/mol. The highest BCUT2D eigenvalue weighted by atomic mass is 32.2. The van der Waals surface area contributed by atoms with Crippen molar-refractivity contribution in [3.63, 3.8) is 0 Å². The molecule has 8 nitrogen and oxygen atoms in total. The molecule has 0 amide bonds. The van der Waals surface area contributed by atoms with Gasteiger partial charge in [-0.25, -0.2) is 0 Å². The topological polar surface area (TPSA) is 97.8 Å². The smallest absolute Gasteiger partial charge is 0.295 e. The Morgan fingerprint density at radius 3 is 1.79 bits per heavy atom. The van der Waals surface area contributed by atoms with Crippen LogP contribution in [0.4, 0.5) is 17.1 Å². The second-order valence-corrected chi connectivity index (χ2v) is 19.7. The maximum absolute atomic E-state index is 12.9. The molecule has 11 heteroatoms. The fraction of sp³-hybridized carbons (Fsp3) is 0.218. The highest BCUT2D eigenvalue weighted by Gasteiger charge is 2.25. The molecule has 0 spiro atoms. The van der Waals surface area contributed by atoms with Crippen molar-refractivity contribution in [1.29, 1.82) is 0 Å². The van der Waals surface area contributed by atoms with E-state index in [4.69, 9.17) is 4.42 Å². The van der Waals surface area contributed by atoms with E-state index in [1.807, 2.05) is 47.8 Å². The van der Waals surface area contributed by atoms with Crippen LogP contribution in [0.5, 0.6) is 0 Å². The number of hydrogen-bond donors (Lipinski definition) is 3. The van der Waals surface area contributed by atoms with E-state index in [2.05, 4.69) is 154 Å². The summed E-state index contributed by atoms with van der Waals surface area (Å²) in [5, 5.41) is 8.99. The molecule has 0 aromatic heterocycles. The van der Waals surface area contributed by atoms with Gasteiger partial charge in [-0.15, -0.1) is 23.5 Å². The van der Waals surface area contributed by atoms with Gasteiger partial charge in [-0.3, -0.25) is 4.55 Å². The summed E-state index contributed by atoms with van der Waals surface area (Å²) < 4.78 is 45.6. The summed E-state index contributed by atoms with van der Waals surface area (Å²) in [4.78, 5) is 4.76. The summed E-state index contributed by atoms with van der Waals surface area (Å²) in [6.45, 7) is 5.20. The lowest BCUT2D eigenvalue weighted by atomic mass is 9.93. The number of benzene rings is 7. The van der Waals surface area contributed by atoms with E-state index in [1.165, 1.54) is 15.9 Å². The predicted molar refractivity (Wildman–Crippen MR) is 276 cm³/mol. The van der Waals surface area contributed by atoms with Crippen LogP contribution < -0.4 is 25.5 Å². The normalized spacial score (nSPS) is 12.1. The number of nitrogens with one attached hydrogen (secondary N) is 2. The minimum Gasteiger partial charge on any atom is -0.456 e. The summed E-state index contributed by atoms with van der Waals surface area (Å²) in [7, 11) is -4.56. The molecule has 0 atom stereocenters. The lowest BCUT2D eigenvalue weighted by Crippen LogP contribution is -2.29. The Bertz CT molecular complexity index is 2920. The van der Waals surface area contributed by atoms with E-state index in [1.54, 1.807) is 18.2 Å². The Morgan fingerprint density at radius 1 is 0.561 bits per heavy atom. The van der Waals surface area contributed by atoms with Crippen LogP contribution in [0.3, 0.4) is 0 Å². The molecule has 0 saturated heterocycles. The molecule has 1 heterocycles. The maximum atomic E-state index is 12.9. The number of fused-ring (bicyclic) bond motifs is 2. The lowest BCUT2D eigenvalue weighted by Gasteiger charge is -2.26. The first-order valence-corrected chi connectivity index (χ1v) is 26.2. The Hall–Kier alpha value is -5.66. The van der Waals surface area contributed by atoms with Gasteiger partial charge in [0.1, 0.15) is 16.2 Å². The van der Waals surface area contributed by atoms with Crippen molar-refractivity contribution in [3.8, 4) is 22.5 Å². The van der Waals surface area contributed by atoms with Gasteiger partial charge >= 0.3 is 0 Å². The van der Waals surface area contributed by atoms with E-state index in [0.29, 0.717) is 22.5 Å². The van der Waals surface area contributed by atoms with Crippen LogP contribution in [0.2, 0.25) is 0 Å². The Balaban J connectivity index is 1.09. The average molecular weight is 934 g/mol. The van der Waals surface area contributed by atoms with E-state index >= 15 is 0 Å². The molecule has 3 N–H and O–H groups in total. The molecule has 338 valence electrons. The summed E-state index contributed by atoms with van der Waals surface area (Å²) >= 11 is 3.78. The Morgan fingerprint density at radius 2 is 1.14 bits per heavy atom. The fourth-order valence-electron chi connectivity index (χ4n) is 8.20. The fourth-order valence-corrected chi connectivity index (χ4v) is 10.7. The molecule has 1 aliphatic heterocycles. The van der Waals surface area contributed by atoms with Gasteiger partial charge in [-0.05, 0) is 111 Å². The third-order valence-corrected chi connectivity index (χ3v) is 14.5. The zero-order chi connectivity index (χ0) is 45.4. The Labute approximate surface area is 397 Å². The largest absolute Gasteiger partial charge is 0.456 e. The quantitative estimate of drug-likeness (QED) is 0.0190. The molecule has 0 saturated carbocycles. The summed E-state index contributed by atoms with van der Waals surface area (Å²) in [5.74, 6) is 2.74. The van der Waals surface area contributed by atoms with Gasteiger partial charge in [0.05, 0.1) is 6.07 Å². The zero-order valence-electron chi connectivity index (χ0n) is 37.1. The standard InChI is InChI=1S/C55H56N4O4S3/c60-66(61,62)54-28-14-13-27-51(54)55-49-31-29-45(58(43-19-5-1-6-20-43)37-15-33-56-35-17-39-64-47-23-9-3-10-24-47)41-52(49)63-53-42-46(30-32-50(53)55)59(44-21-7-2-8-22-44)38-16-34-57-36-18-40-65-48-25-11-4-12-26-48/h1-14,19-32,41-42,56-57H,15-18,33-40H2/p+1. The van der Waals surface area contributed by atoms with Crippen LogP contribution in [0.1, 0.15) is 25.7 Å². The van der Waals surface area contributed by atoms with Gasteiger partial charge in [0.2, 0.25) is 11.0 Å². The second-order valence-electron chi connectivity index (χ2n) is 16.0. The number of hydrogen-bond acceptors (Lipinski definition) is 8. The zero-order valence-corrected chi connectivity index (χ0v) is 39.5. The van der Waals surface area contributed by atoms with E-state index < -0.39 is 10.1 Å². The SMILES string of the molecule is O=S(=O)(O)c1ccccc1-c1c2ccc(=[N+](CCCNCCCSc3ccccc3)c3ccccc3)cc-2oc2cc(N(CCCNCCCSc3ccccc3)c3ccccc3)ccc12. The van der Waals surface area contributed by atoms with Gasteiger partial charge < -0.3 is 20.0 Å². The average Bonchev–Trinajstić information content (AvgIpc) is 3.35. The highest BCUT2D eigenvalue weighted by molar-refractivity contribution is 7.99. The molecule has 66 heavy (non-hydrogen) atoms. The Kier molecular flexibility index (Phi) is 16.8. The lowest BCUT2D eigenvalue weighted by molar-refractivity contribution is 0.483. The summed E-state index contributed by atoms with van der Waals surface area (Å²) in [6, 6.07) is 60.7. The van der Waals surface area contributed by atoms with Crippen molar-refractivity contribution in [2.75, 3.05) is 55.7 Å². The van der Waals surface area contributed by atoms with Gasteiger partial charge in [0.15, 0.2) is 6.54 Å². The number of anilines is 2. The van der Waals surface area contributed by atoms with E-state index in [-0.39, 0.29) is 4.90 Å². The van der Waals surface area contributed by atoms with E-state index in [0.717, 1.165) is 110 Å². The first kappa shape index (κ1) is 46.9. The maximum Gasteiger partial charge on any atom is 0.295 e. The summed E-state index contributed by atoms with van der Waals surface area (Å²) in [5.41, 5.74) is 5.52. The van der Waals surface area contributed by atoms with Gasteiger partial charge in [-0.1, -0.05) is 91.0 Å². The molecule has 6 aromatic carbocycles. The van der Waals surface area contributed by atoms with Crippen LogP contribution in [0, 0.1) is 0 Å². The van der Waals surface area contributed by atoms with Crippen molar-refractivity contribution >= 4 is 61.7 Å². The summed E-state index contributed by atoms with van der Waals surface area (Å²) in [6.07, 6.45) is 4.01. The van der Waals surface area contributed by atoms with Crippen LogP contribution in [0.15, 0.2) is 201 Å². The van der Waals surface area contributed by atoms with Gasteiger partial charge in [-0.2, -0.15) is 13.0 Å². The number of para-hydroxylation sites is 2. The van der Waals surface area contributed by atoms with Crippen molar-refractivity contribution < 1.29 is 17.4 Å². The molecule has 1 aliphatic carbocycles. The molecule has 0 unspecified atom stereocenters. The predicted octanol–water partition coefficient (Wildman–Crippen LogP) is 12.0.